The number of nitrogens with zero attached hydrogens (tertiary/aromatic N) is 3. The Labute approximate surface area is 408 Å². The molecule has 0 bridgehead atoms. The summed E-state index contributed by atoms with van der Waals surface area (Å²) in [6, 6.07) is 89.8. The van der Waals surface area contributed by atoms with Crippen LogP contribution in [-0.2, 0) is 0 Å². The lowest BCUT2D eigenvalue weighted by molar-refractivity contribution is 1.18. The van der Waals surface area contributed by atoms with E-state index in [0.717, 1.165) is 50.5 Å². The number of aromatic nitrogens is 3. The summed E-state index contributed by atoms with van der Waals surface area (Å²) in [6.07, 6.45) is 0. The second kappa shape index (κ2) is 16.4. The highest BCUT2D eigenvalue weighted by atomic mass is 32.1. The van der Waals surface area contributed by atoms with Crippen molar-refractivity contribution in [2.24, 2.45) is 0 Å². The van der Waals surface area contributed by atoms with Crippen molar-refractivity contribution in [2.45, 2.75) is 0 Å². The second-order valence-corrected chi connectivity index (χ2v) is 19.2. The summed E-state index contributed by atoms with van der Waals surface area (Å²) in [7, 11) is 0. The Morgan fingerprint density at radius 3 is 1.43 bits per heavy atom. The lowest BCUT2D eigenvalue weighted by atomic mass is 9.94. The van der Waals surface area contributed by atoms with Gasteiger partial charge in [-0.2, -0.15) is 0 Å². The smallest absolute Gasteiger partial charge is 0.160 e. The fourth-order valence-corrected chi connectivity index (χ4v) is 11.8. The summed E-state index contributed by atoms with van der Waals surface area (Å²) < 4.78 is 5.03. The van der Waals surface area contributed by atoms with E-state index >= 15 is 0 Å². The van der Waals surface area contributed by atoms with Gasteiger partial charge in [0.25, 0.3) is 0 Å². The van der Waals surface area contributed by atoms with Gasteiger partial charge in [0.1, 0.15) is 0 Å². The Kier molecular flexibility index (Phi) is 9.39. The molecule has 0 aliphatic rings. The third kappa shape index (κ3) is 6.80. The van der Waals surface area contributed by atoms with Crippen molar-refractivity contribution in [3.05, 3.63) is 249 Å². The van der Waals surface area contributed by atoms with E-state index in [2.05, 4.69) is 235 Å². The molecule has 4 heteroatoms. The maximum Gasteiger partial charge on any atom is 0.160 e. The maximum absolute atomic E-state index is 5.14. The van der Waals surface area contributed by atoms with Crippen LogP contribution in [0.5, 0.6) is 0 Å². The minimum atomic E-state index is 0.702. The first-order valence-electron chi connectivity index (χ1n) is 23.8. The Morgan fingerprint density at radius 2 is 0.786 bits per heavy atom. The van der Waals surface area contributed by atoms with Crippen LogP contribution in [0.3, 0.4) is 0 Å². The monoisotopic (exact) mass is 907 g/mol. The summed E-state index contributed by atoms with van der Waals surface area (Å²) in [5.74, 6) is 0.702. The van der Waals surface area contributed by atoms with Crippen molar-refractivity contribution in [2.75, 3.05) is 0 Å². The molecule has 3 aromatic heterocycles. The Bertz CT molecular complexity index is 4270. The lowest BCUT2D eigenvalue weighted by Gasteiger charge is -2.12. The topological polar surface area (TPSA) is 30.7 Å². The molecule has 0 N–H and O–H groups in total. The average Bonchev–Trinajstić information content (AvgIpc) is 3.99. The molecular weight excluding hydrogens is 867 g/mol. The molecule has 0 fully saturated rings. The van der Waals surface area contributed by atoms with Gasteiger partial charge < -0.3 is 4.57 Å². The fraction of sp³-hybridized carbons (Fsp3) is 0. The number of thiophene rings is 1. The van der Waals surface area contributed by atoms with Gasteiger partial charge in [-0.05, 0) is 103 Å². The number of fused-ring (bicyclic) bond motifs is 9. The van der Waals surface area contributed by atoms with Crippen molar-refractivity contribution in [3.8, 4) is 73.0 Å². The van der Waals surface area contributed by atoms with Gasteiger partial charge in [-0.1, -0.05) is 200 Å². The van der Waals surface area contributed by atoms with Crippen LogP contribution in [0.15, 0.2) is 249 Å². The van der Waals surface area contributed by atoms with E-state index in [-0.39, 0.29) is 0 Å². The normalized spacial score (nSPS) is 11.7. The van der Waals surface area contributed by atoms with Crippen LogP contribution in [0.1, 0.15) is 0 Å². The van der Waals surface area contributed by atoms with Crippen LogP contribution in [0.4, 0.5) is 0 Å². The van der Waals surface area contributed by atoms with Crippen LogP contribution in [-0.4, -0.2) is 14.5 Å². The zero-order chi connectivity index (χ0) is 46.1. The first-order valence-corrected chi connectivity index (χ1v) is 24.6. The van der Waals surface area contributed by atoms with E-state index < -0.39 is 0 Å². The van der Waals surface area contributed by atoms with Crippen molar-refractivity contribution < 1.29 is 0 Å². The molecule has 3 heterocycles. The standard InChI is InChI=1S/C66H41N3S/c1-2-11-47(12-3-1)66-67-60(45-25-21-42(22-26-45)43-31-35-52(36-32-43)69-62-18-7-4-13-56(62)57-14-5-8-19-63(57)69)41-61(68-66)46-27-23-44(24-28-46)48-33-37-53-49(39-48)29-30-50-40-51(34-38-54(50)53)55-16-10-17-59-58-15-6-9-20-64(58)70-65(55)59/h1-41H. The van der Waals surface area contributed by atoms with Gasteiger partial charge in [-0.15, -0.1) is 11.3 Å². The maximum atomic E-state index is 5.14. The first-order chi connectivity index (χ1) is 34.7. The summed E-state index contributed by atoms with van der Waals surface area (Å²) in [5.41, 5.74) is 15.6. The molecule has 0 amide bonds. The summed E-state index contributed by atoms with van der Waals surface area (Å²) in [5, 5.41) is 10.2. The summed E-state index contributed by atoms with van der Waals surface area (Å²) in [4.78, 5) is 10.3. The SMILES string of the molecule is c1ccc(-c2nc(-c3ccc(-c4ccc(-n5c6ccccc6c6ccccc65)cc4)cc3)cc(-c3ccc(-c4ccc5c(ccc6cc(-c7cccc8c7sc7ccccc78)ccc65)c4)cc3)n2)cc1. The third-order valence-corrected chi connectivity index (χ3v) is 15.3. The highest BCUT2D eigenvalue weighted by Gasteiger charge is 2.15. The molecule has 0 aliphatic heterocycles. The molecule has 0 atom stereocenters. The highest BCUT2D eigenvalue weighted by Crippen LogP contribution is 2.42. The Morgan fingerprint density at radius 1 is 0.300 bits per heavy atom. The highest BCUT2D eigenvalue weighted by molar-refractivity contribution is 7.26. The molecule has 70 heavy (non-hydrogen) atoms. The molecule has 0 spiro atoms. The molecule has 14 aromatic rings. The van der Waals surface area contributed by atoms with Crippen LogP contribution < -0.4 is 0 Å². The van der Waals surface area contributed by atoms with Crippen molar-refractivity contribution in [1.82, 2.24) is 14.5 Å². The number of benzene rings is 11. The van der Waals surface area contributed by atoms with E-state index in [4.69, 9.17) is 9.97 Å². The predicted molar refractivity (Wildman–Crippen MR) is 297 cm³/mol. The van der Waals surface area contributed by atoms with Crippen LogP contribution >= 0.6 is 11.3 Å². The van der Waals surface area contributed by atoms with Gasteiger partial charge in [0.2, 0.25) is 0 Å². The minimum Gasteiger partial charge on any atom is -0.309 e. The third-order valence-electron chi connectivity index (χ3n) is 14.0. The Hall–Kier alpha value is -8.96. The van der Waals surface area contributed by atoms with Crippen LogP contribution in [0, 0.1) is 0 Å². The molecule has 0 radical (unpaired) electrons. The van der Waals surface area contributed by atoms with E-state index in [9.17, 15) is 0 Å². The van der Waals surface area contributed by atoms with Crippen LogP contribution in [0.25, 0.3) is 136 Å². The molecule has 3 nitrogen and oxygen atoms in total. The molecule has 0 saturated carbocycles. The zero-order valence-electron chi connectivity index (χ0n) is 37.9. The predicted octanol–water partition coefficient (Wildman–Crippen LogP) is 18.2. The quantitative estimate of drug-likeness (QED) is 0.149. The van der Waals surface area contributed by atoms with E-state index in [1.54, 1.807) is 0 Å². The molecule has 0 saturated heterocycles. The minimum absolute atomic E-state index is 0.702. The van der Waals surface area contributed by atoms with Crippen LogP contribution in [0.2, 0.25) is 0 Å². The molecule has 14 rings (SSSR count). The van der Waals surface area contributed by atoms with E-state index in [1.165, 1.54) is 80.2 Å². The molecule has 11 aromatic carbocycles. The zero-order valence-corrected chi connectivity index (χ0v) is 38.7. The number of para-hydroxylation sites is 2. The van der Waals surface area contributed by atoms with Crippen molar-refractivity contribution in [3.63, 3.8) is 0 Å². The largest absolute Gasteiger partial charge is 0.309 e. The number of hydrogen-bond acceptors (Lipinski definition) is 3. The van der Waals surface area contributed by atoms with Gasteiger partial charge >= 0.3 is 0 Å². The van der Waals surface area contributed by atoms with Gasteiger partial charge in [0.15, 0.2) is 5.82 Å². The summed E-state index contributed by atoms with van der Waals surface area (Å²) >= 11 is 1.88. The van der Waals surface area contributed by atoms with Gasteiger partial charge in [0, 0.05) is 53.3 Å². The molecule has 0 unspecified atom stereocenters. The molecule has 326 valence electrons. The second-order valence-electron chi connectivity index (χ2n) is 18.1. The molecule has 0 aliphatic carbocycles. The van der Waals surface area contributed by atoms with Gasteiger partial charge in [0.05, 0.1) is 22.4 Å². The first kappa shape index (κ1) is 40.1. The fourth-order valence-electron chi connectivity index (χ4n) is 10.5. The average molecular weight is 908 g/mol. The summed E-state index contributed by atoms with van der Waals surface area (Å²) in [6.45, 7) is 0. The van der Waals surface area contributed by atoms with Crippen molar-refractivity contribution >= 4 is 74.9 Å². The van der Waals surface area contributed by atoms with Gasteiger partial charge in [-0.3, -0.25) is 0 Å². The van der Waals surface area contributed by atoms with E-state index in [1.807, 2.05) is 29.5 Å². The Balaban J connectivity index is 0.752. The number of hydrogen-bond donors (Lipinski definition) is 0. The van der Waals surface area contributed by atoms with E-state index in [0.29, 0.717) is 5.82 Å². The molecular formula is C66H41N3S. The lowest BCUT2D eigenvalue weighted by Crippen LogP contribution is -1.96. The van der Waals surface area contributed by atoms with Gasteiger partial charge in [-0.25, -0.2) is 9.97 Å². The number of rotatable bonds is 7. The van der Waals surface area contributed by atoms with Crippen molar-refractivity contribution in [1.29, 1.82) is 0 Å².